The molecule has 2 N–H and O–H groups in total. The number of likely N-dealkylation sites (N-methyl/N-ethyl adjacent to an activating group) is 1. The fraction of sp³-hybridized carbons (Fsp3) is 0.235. The molecule has 0 fully saturated rings. The molecule has 0 bridgehead atoms. The summed E-state index contributed by atoms with van der Waals surface area (Å²) < 4.78 is 0.898. The molecule has 1 unspecified atom stereocenters. The van der Waals surface area contributed by atoms with Crippen LogP contribution in [-0.4, -0.2) is 19.5 Å². The first-order valence-corrected chi connectivity index (χ1v) is 7.75. The van der Waals surface area contributed by atoms with Gasteiger partial charge in [-0.25, -0.2) is 0 Å². The van der Waals surface area contributed by atoms with Gasteiger partial charge < -0.3 is 10.2 Å². The van der Waals surface area contributed by atoms with E-state index in [4.69, 9.17) is 0 Å². The molecule has 1 amide bonds. The summed E-state index contributed by atoms with van der Waals surface area (Å²) in [6.07, 6.45) is 0. The Bertz CT molecular complexity index is 610. The van der Waals surface area contributed by atoms with E-state index in [0.29, 0.717) is 6.54 Å². The molecule has 0 spiro atoms. The monoisotopic (exact) mass is 347 g/mol. The molecule has 110 valence electrons. The van der Waals surface area contributed by atoms with Gasteiger partial charge in [0.15, 0.2) is 6.54 Å². The largest absolute Gasteiger partial charge is 0.326 e. The number of anilines is 1. The van der Waals surface area contributed by atoms with Crippen LogP contribution in [0.1, 0.15) is 11.1 Å². The lowest BCUT2D eigenvalue weighted by molar-refractivity contribution is -0.885. The van der Waals surface area contributed by atoms with E-state index in [2.05, 4.69) is 52.4 Å². The number of carbonyl (C=O) groups is 1. The first kappa shape index (κ1) is 15.7. The first-order valence-electron chi connectivity index (χ1n) is 6.96. The van der Waals surface area contributed by atoms with E-state index in [1.54, 1.807) is 0 Å². The highest BCUT2D eigenvalue weighted by molar-refractivity contribution is 9.10. The summed E-state index contributed by atoms with van der Waals surface area (Å²) in [7, 11) is 2.03. The van der Waals surface area contributed by atoms with Gasteiger partial charge in [-0.1, -0.05) is 42.0 Å². The highest BCUT2D eigenvalue weighted by atomic mass is 79.9. The number of aryl methyl sites for hydroxylation is 1. The molecule has 2 aromatic carbocycles. The lowest BCUT2D eigenvalue weighted by atomic mass is 10.1. The van der Waals surface area contributed by atoms with Gasteiger partial charge in [-0.05, 0) is 35.0 Å². The van der Waals surface area contributed by atoms with Gasteiger partial charge >= 0.3 is 0 Å². The second kappa shape index (κ2) is 7.38. The van der Waals surface area contributed by atoms with Crippen LogP contribution in [-0.2, 0) is 11.3 Å². The molecule has 0 saturated heterocycles. The molecule has 3 nitrogen and oxygen atoms in total. The van der Waals surface area contributed by atoms with E-state index in [9.17, 15) is 4.79 Å². The van der Waals surface area contributed by atoms with Crippen molar-refractivity contribution in [3.05, 3.63) is 64.1 Å². The fourth-order valence-corrected chi connectivity index (χ4v) is 2.53. The van der Waals surface area contributed by atoms with Crippen LogP contribution in [0.25, 0.3) is 0 Å². The van der Waals surface area contributed by atoms with Crippen molar-refractivity contribution in [3.8, 4) is 0 Å². The van der Waals surface area contributed by atoms with Gasteiger partial charge in [0, 0.05) is 10.0 Å². The molecule has 2 aromatic rings. The van der Waals surface area contributed by atoms with Crippen LogP contribution < -0.4 is 10.2 Å². The van der Waals surface area contributed by atoms with E-state index in [-0.39, 0.29) is 5.91 Å². The molecular formula is C17H20BrN2O+. The van der Waals surface area contributed by atoms with Crippen molar-refractivity contribution in [2.45, 2.75) is 13.5 Å². The maximum Gasteiger partial charge on any atom is 0.279 e. The second-order valence-electron chi connectivity index (χ2n) is 5.32. The third kappa shape index (κ3) is 4.99. The van der Waals surface area contributed by atoms with Crippen LogP contribution in [0.3, 0.4) is 0 Å². The summed E-state index contributed by atoms with van der Waals surface area (Å²) in [4.78, 5) is 13.2. The second-order valence-corrected chi connectivity index (χ2v) is 6.18. The Hall–Kier alpha value is -1.65. The summed E-state index contributed by atoms with van der Waals surface area (Å²) in [5, 5.41) is 2.93. The molecule has 1 atom stereocenters. The number of rotatable bonds is 5. The lowest BCUT2D eigenvalue weighted by Crippen LogP contribution is -3.08. The zero-order chi connectivity index (χ0) is 15.2. The smallest absolute Gasteiger partial charge is 0.279 e. The van der Waals surface area contributed by atoms with Crippen molar-refractivity contribution >= 4 is 27.5 Å². The molecule has 2 rings (SSSR count). The highest BCUT2D eigenvalue weighted by Gasteiger charge is 2.11. The van der Waals surface area contributed by atoms with Crippen molar-refractivity contribution in [3.63, 3.8) is 0 Å². The number of hydrogen-bond donors (Lipinski definition) is 2. The minimum atomic E-state index is 0.0199. The molecule has 0 radical (unpaired) electrons. The summed E-state index contributed by atoms with van der Waals surface area (Å²) in [6.45, 7) is 3.35. The quantitative estimate of drug-likeness (QED) is 0.855. The average Bonchev–Trinajstić information content (AvgIpc) is 2.44. The molecule has 0 aliphatic carbocycles. The third-order valence-electron chi connectivity index (χ3n) is 3.24. The minimum Gasteiger partial charge on any atom is -0.326 e. The zero-order valence-corrected chi connectivity index (χ0v) is 13.9. The first-order chi connectivity index (χ1) is 10.0. The summed E-state index contributed by atoms with van der Waals surface area (Å²) in [5.41, 5.74) is 3.31. The molecule has 0 aliphatic rings. The molecule has 4 heteroatoms. The minimum absolute atomic E-state index is 0.0199. The van der Waals surface area contributed by atoms with Crippen LogP contribution in [0.15, 0.2) is 53.0 Å². The van der Waals surface area contributed by atoms with Crippen molar-refractivity contribution in [2.75, 3.05) is 18.9 Å². The van der Waals surface area contributed by atoms with Crippen LogP contribution >= 0.6 is 15.9 Å². The van der Waals surface area contributed by atoms with E-state index in [1.165, 1.54) is 11.1 Å². The Morgan fingerprint density at radius 3 is 2.48 bits per heavy atom. The number of hydrogen-bond acceptors (Lipinski definition) is 1. The number of nitrogens with one attached hydrogen (secondary N) is 2. The Kier molecular flexibility index (Phi) is 5.53. The van der Waals surface area contributed by atoms with Crippen LogP contribution in [0.2, 0.25) is 0 Å². The standard InChI is InChI=1S/C17H19BrN2O/c1-13-7-9-14(10-8-13)11-20(2)12-17(21)19-16-6-4-3-5-15(16)18/h3-10H,11-12H2,1-2H3,(H,19,21)/p+1. The van der Waals surface area contributed by atoms with Crippen molar-refractivity contribution < 1.29 is 9.69 Å². The number of quaternary nitrogens is 1. The van der Waals surface area contributed by atoms with Crippen molar-refractivity contribution in [2.24, 2.45) is 0 Å². The van der Waals surface area contributed by atoms with E-state index >= 15 is 0 Å². The number of halogens is 1. The number of carbonyl (C=O) groups excluding carboxylic acids is 1. The van der Waals surface area contributed by atoms with Crippen LogP contribution in [0.5, 0.6) is 0 Å². The maximum atomic E-state index is 12.1. The summed E-state index contributed by atoms with van der Waals surface area (Å²) >= 11 is 3.43. The average molecular weight is 348 g/mol. The number of amides is 1. The summed E-state index contributed by atoms with van der Waals surface area (Å²) in [5.74, 6) is 0.0199. The van der Waals surface area contributed by atoms with Gasteiger partial charge in [0.25, 0.3) is 5.91 Å². The molecule has 0 heterocycles. The van der Waals surface area contributed by atoms with E-state index in [1.807, 2.05) is 31.3 Å². The van der Waals surface area contributed by atoms with Gasteiger partial charge in [-0.2, -0.15) is 0 Å². The van der Waals surface area contributed by atoms with Crippen LogP contribution in [0.4, 0.5) is 5.69 Å². The highest BCUT2D eigenvalue weighted by Crippen LogP contribution is 2.20. The van der Waals surface area contributed by atoms with Crippen molar-refractivity contribution in [1.82, 2.24) is 0 Å². The molecule has 0 saturated carbocycles. The normalized spacial score (nSPS) is 12.0. The van der Waals surface area contributed by atoms with Crippen LogP contribution in [0, 0.1) is 6.92 Å². The molecule has 0 aromatic heterocycles. The van der Waals surface area contributed by atoms with Gasteiger partial charge in [-0.3, -0.25) is 4.79 Å². The lowest BCUT2D eigenvalue weighted by Gasteiger charge is -2.14. The topological polar surface area (TPSA) is 33.5 Å². The predicted molar refractivity (Wildman–Crippen MR) is 89.4 cm³/mol. The molecular weight excluding hydrogens is 328 g/mol. The SMILES string of the molecule is Cc1ccc(C[NH+](C)CC(=O)Nc2ccccc2Br)cc1. The Morgan fingerprint density at radius 1 is 1.14 bits per heavy atom. The Morgan fingerprint density at radius 2 is 1.81 bits per heavy atom. The zero-order valence-electron chi connectivity index (χ0n) is 12.3. The number of benzene rings is 2. The Balaban J connectivity index is 1.87. The molecule has 0 aliphatic heterocycles. The molecule has 21 heavy (non-hydrogen) atoms. The van der Waals surface area contributed by atoms with E-state index in [0.717, 1.165) is 21.6 Å². The fourth-order valence-electron chi connectivity index (χ4n) is 2.15. The van der Waals surface area contributed by atoms with Gasteiger partial charge in [-0.15, -0.1) is 0 Å². The third-order valence-corrected chi connectivity index (χ3v) is 3.93. The summed E-state index contributed by atoms with van der Waals surface area (Å²) in [6, 6.07) is 16.1. The van der Waals surface area contributed by atoms with Gasteiger partial charge in [0.2, 0.25) is 0 Å². The maximum absolute atomic E-state index is 12.1. The van der Waals surface area contributed by atoms with Gasteiger partial charge in [0.05, 0.1) is 12.7 Å². The number of para-hydroxylation sites is 1. The Labute approximate surface area is 134 Å². The predicted octanol–water partition coefficient (Wildman–Crippen LogP) is 2.41. The van der Waals surface area contributed by atoms with Gasteiger partial charge in [0.1, 0.15) is 6.54 Å². The van der Waals surface area contributed by atoms with E-state index < -0.39 is 0 Å². The van der Waals surface area contributed by atoms with Crippen molar-refractivity contribution in [1.29, 1.82) is 0 Å².